The van der Waals surface area contributed by atoms with Gasteiger partial charge >= 0.3 is 0 Å². The number of aryl methyl sites for hydroxylation is 1. The molecule has 0 amide bonds. The average Bonchev–Trinajstić information content (AvgIpc) is 3.17. The molecule has 0 fully saturated rings. The number of rotatable bonds is 9. The summed E-state index contributed by atoms with van der Waals surface area (Å²) in [6.07, 6.45) is 4.19. The first-order valence-electron chi connectivity index (χ1n) is 10.7. The fourth-order valence-electron chi connectivity index (χ4n) is 4.16. The van der Waals surface area contributed by atoms with Gasteiger partial charge in [-0.2, -0.15) is 0 Å². The van der Waals surface area contributed by atoms with Crippen LogP contribution in [0, 0.1) is 6.92 Å². The number of H-pyrrole nitrogens is 2. The van der Waals surface area contributed by atoms with Crippen LogP contribution >= 0.6 is 0 Å². The van der Waals surface area contributed by atoms with E-state index in [1.54, 1.807) is 7.11 Å². The molecule has 0 spiro atoms. The Morgan fingerprint density at radius 2 is 1.90 bits per heavy atom. The molecule has 2 aromatic carbocycles. The monoisotopic (exact) mass is 406 g/mol. The molecule has 0 saturated heterocycles. The van der Waals surface area contributed by atoms with Gasteiger partial charge in [-0.15, -0.1) is 0 Å². The standard InChI is InChI=1S/C24H31N5O/c1-16-15-27-24(26-11-5-13-29(2)12-4-10-25)21-20-8-6-17-14-18(30-3)7-9-19(17)23(20)28-22(16)21/h6-9,14-15,28H,4-5,10-13,25H2,1-3H3,(H,26,27)/p+1. The van der Waals surface area contributed by atoms with E-state index in [9.17, 15) is 0 Å². The molecule has 0 atom stereocenters. The second-order valence-corrected chi connectivity index (χ2v) is 8.02. The summed E-state index contributed by atoms with van der Waals surface area (Å²) in [4.78, 5) is 9.49. The SMILES string of the molecule is COc1ccc2c(ccc3c2[nH]c2c(C)c[nH+]c(NCCCN(C)CCCN)c23)c1. The summed E-state index contributed by atoms with van der Waals surface area (Å²) in [6, 6.07) is 10.6. The van der Waals surface area contributed by atoms with Crippen molar-refractivity contribution >= 4 is 38.4 Å². The first-order valence-corrected chi connectivity index (χ1v) is 10.7. The zero-order valence-corrected chi connectivity index (χ0v) is 18.1. The number of fused-ring (bicyclic) bond motifs is 5. The maximum absolute atomic E-state index is 5.60. The lowest BCUT2D eigenvalue weighted by Crippen LogP contribution is -2.25. The van der Waals surface area contributed by atoms with Crippen molar-refractivity contribution in [2.24, 2.45) is 5.73 Å². The lowest BCUT2D eigenvalue weighted by atomic mass is 10.1. The van der Waals surface area contributed by atoms with Crippen LogP contribution in [0.1, 0.15) is 18.4 Å². The summed E-state index contributed by atoms with van der Waals surface area (Å²) in [5.74, 6) is 1.94. The second kappa shape index (κ2) is 8.90. The summed E-state index contributed by atoms with van der Waals surface area (Å²) in [5.41, 5.74) is 9.15. The number of pyridine rings is 1. The lowest BCUT2D eigenvalue weighted by Gasteiger charge is -2.15. The molecular formula is C24H32N5O+. The highest BCUT2D eigenvalue weighted by Gasteiger charge is 2.17. The summed E-state index contributed by atoms with van der Waals surface area (Å²) in [6.45, 7) is 5.91. The second-order valence-electron chi connectivity index (χ2n) is 8.02. The van der Waals surface area contributed by atoms with Crippen LogP contribution in [0.15, 0.2) is 36.5 Å². The van der Waals surface area contributed by atoms with Crippen LogP contribution in [0.3, 0.4) is 0 Å². The van der Waals surface area contributed by atoms with Gasteiger partial charge in [0.05, 0.1) is 36.3 Å². The number of hydrogen-bond acceptors (Lipinski definition) is 4. The van der Waals surface area contributed by atoms with Crippen LogP contribution in [0.2, 0.25) is 0 Å². The maximum Gasteiger partial charge on any atom is 0.282 e. The van der Waals surface area contributed by atoms with E-state index in [0.29, 0.717) is 0 Å². The minimum atomic E-state index is 0.751. The van der Waals surface area contributed by atoms with Gasteiger partial charge in [-0.3, -0.25) is 5.32 Å². The molecule has 0 unspecified atom stereocenters. The van der Waals surface area contributed by atoms with Crippen molar-refractivity contribution in [3.8, 4) is 5.75 Å². The molecule has 0 aliphatic rings. The molecule has 2 aromatic heterocycles. The first kappa shape index (κ1) is 20.4. The number of nitrogens with one attached hydrogen (secondary N) is 3. The highest BCUT2D eigenvalue weighted by atomic mass is 16.5. The molecule has 0 aliphatic carbocycles. The molecule has 5 N–H and O–H groups in total. The van der Waals surface area contributed by atoms with Gasteiger partial charge in [-0.05, 0) is 63.5 Å². The van der Waals surface area contributed by atoms with E-state index in [1.807, 2.05) is 6.07 Å². The number of nitrogens with two attached hydrogens (primary N) is 1. The van der Waals surface area contributed by atoms with Crippen molar-refractivity contribution in [3.05, 3.63) is 42.1 Å². The molecule has 0 bridgehead atoms. The third kappa shape index (κ3) is 3.93. The largest absolute Gasteiger partial charge is 0.497 e. The summed E-state index contributed by atoms with van der Waals surface area (Å²) in [5, 5.41) is 8.45. The van der Waals surface area contributed by atoms with E-state index in [2.05, 4.69) is 64.6 Å². The van der Waals surface area contributed by atoms with E-state index in [0.717, 1.165) is 56.1 Å². The number of nitrogens with zero attached hydrogens (tertiary/aromatic N) is 1. The van der Waals surface area contributed by atoms with E-state index in [-0.39, 0.29) is 0 Å². The van der Waals surface area contributed by atoms with Crippen molar-refractivity contribution < 1.29 is 9.72 Å². The summed E-state index contributed by atoms with van der Waals surface area (Å²) < 4.78 is 5.39. The predicted octanol–water partition coefficient (Wildman–Crippen LogP) is 3.69. The fourth-order valence-corrected chi connectivity index (χ4v) is 4.16. The Balaban J connectivity index is 1.64. The summed E-state index contributed by atoms with van der Waals surface area (Å²) in [7, 11) is 3.86. The van der Waals surface area contributed by atoms with Crippen LogP contribution in [0.5, 0.6) is 5.75 Å². The molecular weight excluding hydrogens is 374 g/mol. The van der Waals surface area contributed by atoms with Gasteiger partial charge in [0.25, 0.3) is 5.82 Å². The van der Waals surface area contributed by atoms with E-state index < -0.39 is 0 Å². The van der Waals surface area contributed by atoms with Crippen LogP contribution in [0.25, 0.3) is 32.6 Å². The number of aromatic amines is 2. The van der Waals surface area contributed by atoms with Gasteiger partial charge in [0.2, 0.25) is 0 Å². The molecule has 2 heterocycles. The number of anilines is 1. The van der Waals surface area contributed by atoms with Crippen molar-refractivity contribution in [2.75, 3.05) is 45.7 Å². The van der Waals surface area contributed by atoms with Crippen LogP contribution in [-0.4, -0.2) is 50.2 Å². The number of ether oxygens (including phenoxy) is 1. The molecule has 0 aliphatic heterocycles. The van der Waals surface area contributed by atoms with E-state index >= 15 is 0 Å². The van der Waals surface area contributed by atoms with E-state index in [1.165, 1.54) is 32.6 Å². The minimum absolute atomic E-state index is 0.751. The van der Waals surface area contributed by atoms with Crippen LogP contribution in [0.4, 0.5) is 5.82 Å². The molecule has 4 rings (SSSR count). The number of aromatic nitrogens is 2. The Morgan fingerprint density at radius 1 is 1.10 bits per heavy atom. The van der Waals surface area contributed by atoms with Gasteiger partial charge in [0, 0.05) is 22.9 Å². The number of methoxy groups -OCH3 is 1. The minimum Gasteiger partial charge on any atom is -0.497 e. The topological polar surface area (TPSA) is 80.5 Å². The molecule has 0 saturated carbocycles. The van der Waals surface area contributed by atoms with Crippen molar-refractivity contribution in [2.45, 2.75) is 19.8 Å². The zero-order valence-electron chi connectivity index (χ0n) is 18.1. The van der Waals surface area contributed by atoms with Gasteiger partial charge in [0.1, 0.15) is 5.75 Å². The molecule has 158 valence electrons. The van der Waals surface area contributed by atoms with E-state index in [4.69, 9.17) is 10.5 Å². The van der Waals surface area contributed by atoms with Crippen molar-refractivity contribution in [3.63, 3.8) is 0 Å². The Morgan fingerprint density at radius 3 is 2.70 bits per heavy atom. The average molecular weight is 407 g/mol. The molecule has 0 radical (unpaired) electrons. The Labute approximate surface area is 177 Å². The number of benzene rings is 2. The van der Waals surface area contributed by atoms with Gasteiger partial charge in [-0.25, -0.2) is 4.98 Å². The van der Waals surface area contributed by atoms with Gasteiger partial charge < -0.3 is 20.4 Å². The Hall–Kier alpha value is -2.83. The summed E-state index contributed by atoms with van der Waals surface area (Å²) >= 11 is 0. The Bertz CT molecular complexity index is 1170. The normalized spacial score (nSPS) is 11.8. The van der Waals surface area contributed by atoms with Crippen molar-refractivity contribution in [1.29, 1.82) is 0 Å². The fraction of sp³-hybridized carbons (Fsp3) is 0.375. The smallest absolute Gasteiger partial charge is 0.282 e. The van der Waals surface area contributed by atoms with Crippen LogP contribution < -0.4 is 20.8 Å². The third-order valence-electron chi connectivity index (χ3n) is 5.84. The Kier molecular flexibility index (Phi) is 6.06. The maximum atomic E-state index is 5.60. The number of hydrogen-bond donors (Lipinski definition) is 3. The highest BCUT2D eigenvalue weighted by Crippen LogP contribution is 2.35. The van der Waals surface area contributed by atoms with Gasteiger partial charge in [0.15, 0.2) is 0 Å². The third-order valence-corrected chi connectivity index (χ3v) is 5.84. The molecule has 4 aromatic rings. The lowest BCUT2D eigenvalue weighted by molar-refractivity contribution is -0.359. The first-order chi connectivity index (χ1) is 14.6. The quantitative estimate of drug-likeness (QED) is 0.370. The molecule has 6 heteroatoms. The zero-order chi connectivity index (χ0) is 21.1. The predicted molar refractivity (Wildman–Crippen MR) is 125 cm³/mol. The molecule has 6 nitrogen and oxygen atoms in total. The molecule has 30 heavy (non-hydrogen) atoms. The highest BCUT2D eigenvalue weighted by molar-refractivity contribution is 6.20. The van der Waals surface area contributed by atoms with Crippen LogP contribution in [-0.2, 0) is 0 Å². The van der Waals surface area contributed by atoms with Gasteiger partial charge in [-0.1, -0.05) is 12.1 Å². The van der Waals surface area contributed by atoms with Crippen molar-refractivity contribution in [1.82, 2.24) is 9.88 Å².